The van der Waals surface area contributed by atoms with Gasteiger partial charge in [-0.05, 0) is 62.5 Å². The lowest BCUT2D eigenvalue weighted by Crippen LogP contribution is -2.05. The van der Waals surface area contributed by atoms with Crippen LogP contribution in [-0.4, -0.2) is 11.5 Å². The van der Waals surface area contributed by atoms with Crippen LogP contribution < -0.4 is 0 Å². The van der Waals surface area contributed by atoms with E-state index in [1.54, 1.807) is 0 Å². The van der Waals surface area contributed by atoms with Crippen LogP contribution in [0.1, 0.15) is 23.1 Å². The van der Waals surface area contributed by atoms with Gasteiger partial charge in [-0.2, -0.15) is 0 Å². The fourth-order valence-electron chi connectivity index (χ4n) is 7.56. The van der Waals surface area contributed by atoms with Crippen molar-refractivity contribution in [2.24, 2.45) is 9.98 Å². The standard InChI is InChI=1S/C51H34N2O/c1-4-12-34(13-5-1)36-20-24-39(25-21-36)45-32-42(33-46-44-29-28-38-16-10-11-19-43(38)49(44)54-50(45)46)51-52-47(40-17-8-3-9-18-40)30-31-48(53-51)41-26-22-37(23-27-41)35-14-6-2-7-15-35/h1-29,31-33H,30H2. The van der Waals surface area contributed by atoms with E-state index in [0.29, 0.717) is 12.3 Å². The highest BCUT2D eigenvalue weighted by atomic mass is 16.3. The van der Waals surface area contributed by atoms with Crippen LogP contribution >= 0.6 is 0 Å². The van der Waals surface area contributed by atoms with Crippen molar-refractivity contribution < 1.29 is 4.42 Å². The van der Waals surface area contributed by atoms with E-state index in [9.17, 15) is 0 Å². The molecule has 0 spiro atoms. The molecular formula is C51H34N2O. The van der Waals surface area contributed by atoms with Crippen molar-refractivity contribution in [2.75, 3.05) is 0 Å². The Bertz CT molecular complexity index is 2900. The first-order valence-corrected chi connectivity index (χ1v) is 18.4. The zero-order valence-electron chi connectivity index (χ0n) is 29.5. The minimum absolute atomic E-state index is 0.656. The summed E-state index contributed by atoms with van der Waals surface area (Å²) in [6, 6.07) is 66.1. The average Bonchev–Trinajstić information content (AvgIpc) is 3.49. The van der Waals surface area contributed by atoms with Crippen molar-refractivity contribution in [3.8, 4) is 33.4 Å². The summed E-state index contributed by atoms with van der Waals surface area (Å²) in [4.78, 5) is 10.7. The Morgan fingerprint density at radius 2 is 0.926 bits per heavy atom. The van der Waals surface area contributed by atoms with Crippen molar-refractivity contribution in [2.45, 2.75) is 6.42 Å². The second-order valence-corrected chi connectivity index (χ2v) is 13.7. The normalized spacial score (nSPS) is 13.1. The molecule has 0 saturated carbocycles. The maximum atomic E-state index is 6.87. The Morgan fingerprint density at radius 1 is 0.370 bits per heavy atom. The topological polar surface area (TPSA) is 37.9 Å². The van der Waals surface area contributed by atoms with E-state index in [-0.39, 0.29) is 0 Å². The third kappa shape index (κ3) is 5.82. The van der Waals surface area contributed by atoms with Gasteiger partial charge in [0.05, 0.1) is 11.4 Å². The molecule has 54 heavy (non-hydrogen) atoms. The van der Waals surface area contributed by atoms with E-state index in [4.69, 9.17) is 14.4 Å². The lowest BCUT2D eigenvalue weighted by atomic mass is 9.96. The van der Waals surface area contributed by atoms with E-state index in [2.05, 4.69) is 176 Å². The fraction of sp³-hybridized carbons (Fsp3) is 0.0196. The molecule has 0 N–H and O–H groups in total. The van der Waals surface area contributed by atoms with Gasteiger partial charge >= 0.3 is 0 Å². The summed E-state index contributed by atoms with van der Waals surface area (Å²) in [5, 5.41) is 4.35. The zero-order chi connectivity index (χ0) is 35.8. The number of furan rings is 1. The maximum Gasteiger partial charge on any atom is 0.160 e. The van der Waals surface area contributed by atoms with Gasteiger partial charge in [-0.15, -0.1) is 0 Å². The van der Waals surface area contributed by atoms with Gasteiger partial charge in [0.15, 0.2) is 5.84 Å². The van der Waals surface area contributed by atoms with Crippen molar-refractivity contribution in [3.63, 3.8) is 0 Å². The highest BCUT2D eigenvalue weighted by Crippen LogP contribution is 2.41. The second kappa shape index (κ2) is 13.5. The Balaban J connectivity index is 1.17. The molecule has 0 radical (unpaired) electrons. The predicted octanol–water partition coefficient (Wildman–Crippen LogP) is 13.4. The van der Waals surface area contributed by atoms with Crippen LogP contribution in [0.4, 0.5) is 0 Å². The molecule has 1 aliphatic heterocycles. The Hall–Kier alpha value is -7.10. The summed E-state index contributed by atoms with van der Waals surface area (Å²) in [5.74, 6) is 0.670. The number of hydrogen-bond donors (Lipinski definition) is 0. The molecule has 2 heterocycles. The molecule has 0 atom stereocenters. The van der Waals surface area contributed by atoms with Gasteiger partial charge in [-0.3, -0.25) is 0 Å². The molecule has 10 rings (SSSR count). The molecule has 254 valence electrons. The Morgan fingerprint density at radius 3 is 1.59 bits per heavy atom. The lowest BCUT2D eigenvalue weighted by Gasteiger charge is -2.10. The van der Waals surface area contributed by atoms with Crippen LogP contribution in [0.15, 0.2) is 209 Å². The van der Waals surface area contributed by atoms with Gasteiger partial charge in [-0.25, -0.2) is 9.98 Å². The summed E-state index contributed by atoms with van der Waals surface area (Å²) >= 11 is 0. The smallest absolute Gasteiger partial charge is 0.160 e. The van der Waals surface area contributed by atoms with Gasteiger partial charge < -0.3 is 4.42 Å². The molecule has 0 aliphatic carbocycles. The second-order valence-electron chi connectivity index (χ2n) is 13.7. The van der Waals surface area contributed by atoms with Crippen LogP contribution in [0.5, 0.6) is 0 Å². The number of fused-ring (bicyclic) bond motifs is 5. The highest BCUT2D eigenvalue weighted by molar-refractivity contribution is 6.21. The zero-order valence-corrected chi connectivity index (χ0v) is 29.5. The summed E-state index contributed by atoms with van der Waals surface area (Å²) < 4.78 is 6.87. The van der Waals surface area contributed by atoms with Crippen LogP contribution in [0, 0.1) is 0 Å². The number of benzene rings is 8. The molecular weight excluding hydrogens is 657 g/mol. The summed E-state index contributed by atoms with van der Waals surface area (Å²) in [7, 11) is 0. The van der Waals surface area contributed by atoms with E-state index >= 15 is 0 Å². The molecule has 1 aliphatic rings. The maximum absolute atomic E-state index is 6.87. The Labute approximate surface area is 313 Å². The van der Waals surface area contributed by atoms with Crippen molar-refractivity contribution in [1.82, 2.24) is 0 Å². The van der Waals surface area contributed by atoms with Crippen molar-refractivity contribution >= 4 is 50.0 Å². The minimum atomic E-state index is 0.656. The first kappa shape index (κ1) is 31.6. The predicted molar refractivity (Wildman–Crippen MR) is 226 cm³/mol. The van der Waals surface area contributed by atoms with E-state index in [1.165, 1.54) is 22.3 Å². The molecule has 1 aromatic heterocycles. The lowest BCUT2D eigenvalue weighted by molar-refractivity contribution is 0.673. The third-order valence-electron chi connectivity index (χ3n) is 10.4. The molecule has 0 bridgehead atoms. The van der Waals surface area contributed by atoms with Crippen LogP contribution in [0.25, 0.3) is 71.8 Å². The number of amidine groups is 1. The number of aliphatic imine (C=N–C) groups is 2. The van der Waals surface area contributed by atoms with Crippen LogP contribution in [0.3, 0.4) is 0 Å². The summed E-state index contributed by atoms with van der Waals surface area (Å²) in [6.07, 6.45) is 2.86. The molecule has 0 unspecified atom stereocenters. The van der Waals surface area contributed by atoms with Crippen molar-refractivity contribution in [3.05, 3.63) is 211 Å². The largest absolute Gasteiger partial charge is 0.455 e. The van der Waals surface area contributed by atoms with Gasteiger partial charge in [0.2, 0.25) is 0 Å². The van der Waals surface area contributed by atoms with Crippen molar-refractivity contribution in [1.29, 1.82) is 0 Å². The number of nitrogens with zero attached hydrogens (tertiary/aromatic N) is 2. The van der Waals surface area contributed by atoms with Gasteiger partial charge in [0, 0.05) is 33.7 Å². The summed E-state index contributed by atoms with van der Waals surface area (Å²) in [6.45, 7) is 0. The summed E-state index contributed by atoms with van der Waals surface area (Å²) in [5.41, 5.74) is 13.5. The highest BCUT2D eigenvalue weighted by Gasteiger charge is 2.20. The van der Waals surface area contributed by atoms with E-state index in [1.807, 2.05) is 18.2 Å². The molecule has 0 amide bonds. The average molecular weight is 691 g/mol. The number of rotatable bonds is 6. The molecule has 3 heteroatoms. The minimum Gasteiger partial charge on any atom is -0.455 e. The first-order chi connectivity index (χ1) is 26.7. The third-order valence-corrected chi connectivity index (χ3v) is 10.4. The number of hydrogen-bond acceptors (Lipinski definition) is 3. The Kier molecular flexibility index (Phi) is 7.88. The van der Waals surface area contributed by atoms with Crippen LogP contribution in [0.2, 0.25) is 0 Å². The number of allylic oxidation sites excluding steroid dienone is 1. The molecule has 8 aromatic carbocycles. The van der Waals surface area contributed by atoms with Crippen LogP contribution in [-0.2, 0) is 0 Å². The fourth-order valence-corrected chi connectivity index (χ4v) is 7.56. The van der Waals surface area contributed by atoms with E-state index < -0.39 is 0 Å². The van der Waals surface area contributed by atoms with E-state index in [0.717, 1.165) is 71.9 Å². The monoisotopic (exact) mass is 690 g/mol. The van der Waals surface area contributed by atoms with Gasteiger partial charge in [0.25, 0.3) is 0 Å². The molecule has 3 nitrogen and oxygen atoms in total. The van der Waals surface area contributed by atoms with Gasteiger partial charge in [0.1, 0.15) is 11.2 Å². The molecule has 0 saturated heterocycles. The first-order valence-electron chi connectivity index (χ1n) is 18.4. The molecule has 0 fully saturated rings. The SMILES string of the molecule is C1=C(c2ccc(-c3ccccc3)cc2)N=C(c2cc(-c3ccc(-c4ccccc4)cc3)c3oc4c5ccccc5ccc4c3c2)N=C(c2ccccc2)C1. The molecule has 9 aromatic rings. The van der Waals surface area contributed by atoms with Gasteiger partial charge in [-0.1, -0.05) is 176 Å². The quantitative estimate of drug-likeness (QED) is 0.171.